The van der Waals surface area contributed by atoms with Crippen LogP contribution in [0.5, 0.6) is 0 Å². The molecule has 0 radical (unpaired) electrons. The molecule has 2 nitrogen and oxygen atoms in total. The van der Waals surface area contributed by atoms with Crippen molar-refractivity contribution in [3.8, 4) is 0 Å². The molecule has 0 aromatic heterocycles. The Hall–Kier alpha value is -0.860. The van der Waals surface area contributed by atoms with Crippen LogP contribution in [0.25, 0.3) is 0 Å². The second-order valence-electron chi connectivity index (χ2n) is 2.96. The van der Waals surface area contributed by atoms with E-state index in [2.05, 4.69) is 30.0 Å². The number of quaternary nitrogens is 1. The van der Waals surface area contributed by atoms with E-state index in [1.165, 1.54) is 11.1 Å². The van der Waals surface area contributed by atoms with Gasteiger partial charge in [0.15, 0.2) is 0 Å². The van der Waals surface area contributed by atoms with Gasteiger partial charge in [-0.05, 0) is 24.1 Å². The maximum absolute atomic E-state index is 5.45. The summed E-state index contributed by atoms with van der Waals surface area (Å²) >= 11 is 0. The summed E-state index contributed by atoms with van der Waals surface area (Å²) in [6, 6.07) is 8.63. The van der Waals surface area contributed by atoms with Crippen LogP contribution in [0.4, 0.5) is 0 Å². The number of hydrogen-bond donors (Lipinski definition) is 2. The third kappa shape index (κ3) is 2.64. The van der Waals surface area contributed by atoms with Crippen molar-refractivity contribution < 1.29 is 5.73 Å². The molecular weight excluding hydrogens is 148 g/mol. The molecule has 0 spiro atoms. The molecular formula is C10H17N2+. The van der Waals surface area contributed by atoms with Gasteiger partial charge in [-0.25, -0.2) is 0 Å². The van der Waals surface area contributed by atoms with E-state index in [-0.39, 0.29) is 0 Å². The van der Waals surface area contributed by atoms with Crippen LogP contribution in [-0.4, -0.2) is 13.1 Å². The molecule has 0 unspecified atom stereocenters. The predicted octanol–water partition coefficient (Wildman–Crippen LogP) is -0.0278. The molecule has 0 heterocycles. The normalized spacial score (nSPS) is 10.2. The molecule has 5 N–H and O–H groups in total. The molecule has 1 aromatic rings. The largest absolute Gasteiger partial charge is 0.357 e. The SMILES string of the molecule is NCCc1ccc(CC[NH3+])cc1. The quantitative estimate of drug-likeness (QED) is 0.647. The number of rotatable bonds is 4. The van der Waals surface area contributed by atoms with Gasteiger partial charge >= 0.3 is 0 Å². The molecule has 0 aliphatic rings. The van der Waals surface area contributed by atoms with E-state index in [0.29, 0.717) is 0 Å². The Morgan fingerprint density at radius 2 is 1.50 bits per heavy atom. The minimum atomic E-state index is 0.731. The third-order valence-electron chi connectivity index (χ3n) is 1.92. The molecule has 0 fully saturated rings. The summed E-state index contributed by atoms with van der Waals surface area (Å²) in [5.41, 5.74) is 12.0. The number of hydrogen-bond acceptors (Lipinski definition) is 1. The average Bonchev–Trinajstić information content (AvgIpc) is 2.09. The summed E-state index contributed by atoms with van der Waals surface area (Å²) in [6.07, 6.45) is 2.05. The van der Waals surface area contributed by atoms with E-state index in [0.717, 1.165) is 25.9 Å². The highest BCUT2D eigenvalue weighted by molar-refractivity contribution is 5.22. The Morgan fingerprint density at radius 1 is 1.00 bits per heavy atom. The van der Waals surface area contributed by atoms with Crippen LogP contribution in [0.2, 0.25) is 0 Å². The first kappa shape index (κ1) is 9.23. The van der Waals surface area contributed by atoms with Crippen LogP contribution in [0.3, 0.4) is 0 Å². The van der Waals surface area contributed by atoms with Gasteiger partial charge in [-0.3, -0.25) is 0 Å². The first-order chi connectivity index (χ1) is 5.86. The van der Waals surface area contributed by atoms with Crippen molar-refractivity contribution in [3.63, 3.8) is 0 Å². The van der Waals surface area contributed by atoms with Crippen LogP contribution < -0.4 is 11.5 Å². The minimum Gasteiger partial charge on any atom is -0.357 e. The van der Waals surface area contributed by atoms with Crippen LogP contribution in [0.1, 0.15) is 11.1 Å². The van der Waals surface area contributed by atoms with Crippen molar-refractivity contribution in [2.24, 2.45) is 5.73 Å². The maximum Gasteiger partial charge on any atom is 0.0780 e. The highest BCUT2D eigenvalue weighted by Crippen LogP contribution is 2.04. The Balaban J connectivity index is 2.58. The molecule has 0 aliphatic carbocycles. The second-order valence-corrected chi connectivity index (χ2v) is 2.96. The highest BCUT2D eigenvalue weighted by Gasteiger charge is 1.93. The maximum atomic E-state index is 5.45. The summed E-state index contributed by atoms with van der Waals surface area (Å²) in [7, 11) is 0. The predicted molar refractivity (Wildman–Crippen MR) is 50.7 cm³/mol. The molecule has 66 valence electrons. The van der Waals surface area contributed by atoms with E-state index < -0.39 is 0 Å². The molecule has 2 heteroatoms. The third-order valence-corrected chi connectivity index (χ3v) is 1.92. The Kier molecular flexibility index (Phi) is 3.77. The van der Waals surface area contributed by atoms with E-state index in [1.54, 1.807) is 0 Å². The summed E-state index contributed by atoms with van der Waals surface area (Å²) in [5.74, 6) is 0. The van der Waals surface area contributed by atoms with Gasteiger partial charge in [-0.1, -0.05) is 24.3 Å². The van der Waals surface area contributed by atoms with Crippen LogP contribution in [-0.2, 0) is 12.8 Å². The molecule has 0 bridgehead atoms. The molecule has 0 amide bonds. The van der Waals surface area contributed by atoms with Gasteiger partial charge < -0.3 is 11.5 Å². The van der Waals surface area contributed by atoms with Crippen LogP contribution >= 0.6 is 0 Å². The summed E-state index contributed by atoms with van der Waals surface area (Å²) < 4.78 is 0. The molecule has 12 heavy (non-hydrogen) atoms. The van der Waals surface area contributed by atoms with Gasteiger partial charge in [0.2, 0.25) is 0 Å². The van der Waals surface area contributed by atoms with Gasteiger partial charge in [0, 0.05) is 6.42 Å². The van der Waals surface area contributed by atoms with Crippen LogP contribution in [0.15, 0.2) is 24.3 Å². The fraction of sp³-hybridized carbons (Fsp3) is 0.400. The van der Waals surface area contributed by atoms with E-state index >= 15 is 0 Å². The zero-order chi connectivity index (χ0) is 8.81. The van der Waals surface area contributed by atoms with Crippen molar-refractivity contribution >= 4 is 0 Å². The average molecular weight is 165 g/mol. The van der Waals surface area contributed by atoms with Crippen molar-refractivity contribution in [2.75, 3.05) is 13.1 Å². The second kappa shape index (κ2) is 4.91. The standard InChI is InChI=1S/C10H16N2/c11-7-5-9-1-2-10(4-3-9)6-8-12/h1-4H,5-8,11-12H2/p+1. The van der Waals surface area contributed by atoms with Gasteiger partial charge in [-0.15, -0.1) is 0 Å². The lowest BCUT2D eigenvalue weighted by Gasteiger charge is -2.00. The number of nitrogens with two attached hydrogens (primary N) is 1. The van der Waals surface area contributed by atoms with Gasteiger partial charge in [0.1, 0.15) is 0 Å². The van der Waals surface area contributed by atoms with E-state index in [9.17, 15) is 0 Å². The zero-order valence-corrected chi connectivity index (χ0v) is 7.42. The fourth-order valence-electron chi connectivity index (χ4n) is 1.24. The Labute approximate surface area is 73.6 Å². The molecule has 1 aromatic carbocycles. The van der Waals surface area contributed by atoms with Gasteiger partial charge in [0.25, 0.3) is 0 Å². The minimum absolute atomic E-state index is 0.731. The lowest BCUT2D eigenvalue weighted by Crippen LogP contribution is -2.51. The van der Waals surface area contributed by atoms with Gasteiger partial charge in [-0.2, -0.15) is 0 Å². The summed E-state index contributed by atoms with van der Waals surface area (Å²) in [5, 5.41) is 0. The summed E-state index contributed by atoms with van der Waals surface area (Å²) in [4.78, 5) is 0. The summed E-state index contributed by atoms with van der Waals surface area (Å²) in [6.45, 7) is 1.70. The van der Waals surface area contributed by atoms with E-state index in [4.69, 9.17) is 5.73 Å². The van der Waals surface area contributed by atoms with Crippen molar-refractivity contribution in [1.82, 2.24) is 0 Å². The fourth-order valence-corrected chi connectivity index (χ4v) is 1.24. The Bertz CT molecular complexity index is 191. The number of benzene rings is 1. The highest BCUT2D eigenvalue weighted by atomic mass is 14.5. The lowest BCUT2D eigenvalue weighted by molar-refractivity contribution is -0.366. The Morgan fingerprint density at radius 3 is 1.92 bits per heavy atom. The lowest BCUT2D eigenvalue weighted by atomic mass is 10.1. The van der Waals surface area contributed by atoms with Gasteiger partial charge in [0.05, 0.1) is 6.54 Å². The first-order valence-corrected chi connectivity index (χ1v) is 4.44. The molecule has 0 aliphatic heterocycles. The topological polar surface area (TPSA) is 53.7 Å². The van der Waals surface area contributed by atoms with E-state index in [1.807, 2.05) is 0 Å². The zero-order valence-electron chi connectivity index (χ0n) is 7.42. The van der Waals surface area contributed by atoms with Crippen molar-refractivity contribution in [3.05, 3.63) is 35.4 Å². The smallest absolute Gasteiger partial charge is 0.0780 e. The molecule has 1 rings (SSSR count). The molecule has 0 atom stereocenters. The molecule has 0 saturated heterocycles. The molecule has 0 saturated carbocycles. The first-order valence-electron chi connectivity index (χ1n) is 4.44. The van der Waals surface area contributed by atoms with Crippen molar-refractivity contribution in [1.29, 1.82) is 0 Å². The monoisotopic (exact) mass is 165 g/mol. The van der Waals surface area contributed by atoms with Crippen LogP contribution in [0, 0.1) is 0 Å². The van der Waals surface area contributed by atoms with Crippen molar-refractivity contribution in [2.45, 2.75) is 12.8 Å².